The maximum atomic E-state index is 11.1. The third kappa shape index (κ3) is 1.92. The van der Waals surface area contributed by atoms with Crippen LogP contribution in [0.15, 0.2) is 58.8 Å². The second kappa shape index (κ2) is 5.16. The fraction of sp³-hybridized carbons (Fsp3) is 0.316. The number of hydrogen-bond acceptors (Lipinski definition) is 3. The first-order chi connectivity index (χ1) is 10.8. The highest BCUT2D eigenvalue weighted by Gasteiger charge is 2.40. The van der Waals surface area contributed by atoms with E-state index in [1.807, 2.05) is 18.2 Å². The highest BCUT2D eigenvalue weighted by atomic mass is 16.5. The lowest BCUT2D eigenvalue weighted by Crippen LogP contribution is -2.28. The van der Waals surface area contributed by atoms with Crippen molar-refractivity contribution in [1.29, 1.82) is 0 Å². The van der Waals surface area contributed by atoms with Gasteiger partial charge in [0, 0.05) is 17.8 Å². The Balaban J connectivity index is 1.77. The van der Waals surface area contributed by atoms with E-state index in [0.717, 1.165) is 30.5 Å². The minimum Gasteiger partial charge on any atom is -0.497 e. The average molecular weight is 293 g/mol. The van der Waals surface area contributed by atoms with Crippen LogP contribution in [0, 0.1) is 0 Å². The summed E-state index contributed by atoms with van der Waals surface area (Å²) < 4.78 is 5.26. The van der Waals surface area contributed by atoms with Crippen LogP contribution >= 0.6 is 0 Å². The summed E-state index contributed by atoms with van der Waals surface area (Å²) in [7, 11) is 1.69. The summed E-state index contributed by atoms with van der Waals surface area (Å²) in [4.78, 5) is 13.6. The van der Waals surface area contributed by atoms with Gasteiger partial charge in [0.15, 0.2) is 0 Å². The van der Waals surface area contributed by atoms with Gasteiger partial charge in [0.1, 0.15) is 12.0 Å². The Morgan fingerprint density at radius 1 is 1.23 bits per heavy atom. The minimum absolute atomic E-state index is 0.467. The zero-order valence-corrected chi connectivity index (χ0v) is 12.7. The molecule has 4 rings (SSSR count). The van der Waals surface area contributed by atoms with Crippen molar-refractivity contribution in [2.75, 3.05) is 12.0 Å². The summed E-state index contributed by atoms with van der Waals surface area (Å²) in [5.74, 6) is 0.878. The van der Waals surface area contributed by atoms with Gasteiger partial charge in [0.25, 0.3) is 0 Å². The van der Waals surface area contributed by atoms with Crippen LogP contribution in [-0.4, -0.2) is 19.4 Å². The zero-order chi connectivity index (χ0) is 15.1. The van der Waals surface area contributed by atoms with Crippen molar-refractivity contribution < 1.29 is 9.53 Å². The van der Waals surface area contributed by atoms with Crippen LogP contribution < -0.4 is 9.64 Å². The van der Waals surface area contributed by atoms with Crippen LogP contribution in [0.3, 0.4) is 0 Å². The molecule has 1 aromatic rings. The smallest absolute Gasteiger partial charge is 0.146 e. The fourth-order valence-electron chi connectivity index (χ4n) is 3.92. The van der Waals surface area contributed by atoms with Crippen molar-refractivity contribution in [2.24, 2.45) is 0 Å². The van der Waals surface area contributed by atoms with Crippen molar-refractivity contribution in [3.05, 3.63) is 58.8 Å². The lowest BCUT2D eigenvalue weighted by Gasteiger charge is -2.29. The molecule has 3 nitrogen and oxygen atoms in total. The molecule has 112 valence electrons. The first-order valence-electron chi connectivity index (χ1n) is 7.83. The molecule has 1 fully saturated rings. The van der Waals surface area contributed by atoms with Crippen molar-refractivity contribution in [3.63, 3.8) is 0 Å². The molecule has 22 heavy (non-hydrogen) atoms. The lowest BCUT2D eigenvalue weighted by molar-refractivity contribution is -0.105. The van der Waals surface area contributed by atoms with Crippen LogP contribution in [0.25, 0.3) is 0 Å². The number of rotatable bonds is 3. The number of aldehydes is 1. The van der Waals surface area contributed by atoms with Crippen molar-refractivity contribution >= 4 is 12.0 Å². The van der Waals surface area contributed by atoms with E-state index in [1.165, 1.54) is 35.4 Å². The predicted octanol–water partition coefficient (Wildman–Crippen LogP) is 3.78. The van der Waals surface area contributed by atoms with E-state index in [0.29, 0.717) is 6.04 Å². The first kappa shape index (κ1) is 13.4. The van der Waals surface area contributed by atoms with Gasteiger partial charge in [-0.1, -0.05) is 6.08 Å². The molecule has 3 aliphatic rings. The van der Waals surface area contributed by atoms with Crippen LogP contribution in [0.4, 0.5) is 5.69 Å². The molecule has 0 aromatic heterocycles. The molecule has 1 atom stereocenters. The number of carbonyl (C=O) groups excluding carboxylic acids is 1. The third-order valence-electron chi connectivity index (χ3n) is 4.93. The maximum absolute atomic E-state index is 11.1. The Bertz CT molecular complexity index is 709. The van der Waals surface area contributed by atoms with E-state index in [4.69, 9.17) is 4.74 Å². The number of anilines is 1. The van der Waals surface area contributed by atoms with E-state index < -0.39 is 0 Å². The van der Waals surface area contributed by atoms with Crippen molar-refractivity contribution in [1.82, 2.24) is 0 Å². The summed E-state index contributed by atoms with van der Waals surface area (Å²) in [5.41, 5.74) is 6.27. The molecule has 0 spiro atoms. The zero-order valence-electron chi connectivity index (χ0n) is 12.7. The Kier molecular flexibility index (Phi) is 3.14. The van der Waals surface area contributed by atoms with E-state index in [9.17, 15) is 4.79 Å². The number of benzene rings is 1. The molecule has 1 saturated carbocycles. The molecule has 1 unspecified atom stereocenters. The van der Waals surface area contributed by atoms with E-state index in [1.54, 1.807) is 7.11 Å². The van der Waals surface area contributed by atoms with Gasteiger partial charge in [-0.25, -0.2) is 0 Å². The fourth-order valence-corrected chi connectivity index (χ4v) is 3.92. The number of allylic oxidation sites excluding steroid dienone is 4. The average Bonchev–Trinajstić information content (AvgIpc) is 3.15. The summed E-state index contributed by atoms with van der Waals surface area (Å²) in [6, 6.07) is 8.74. The molecule has 2 aliphatic carbocycles. The van der Waals surface area contributed by atoms with Crippen LogP contribution in [0.2, 0.25) is 0 Å². The number of fused-ring (bicyclic) bond motifs is 2. The summed E-state index contributed by atoms with van der Waals surface area (Å²) in [6.07, 6.45) is 9.44. The molecule has 1 heterocycles. The summed E-state index contributed by atoms with van der Waals surface area (Å²) >= 11 is 0. The Morgan fingerprint density at radius 3 is 2.77 bits per heavy atom. The van der Waals surface area contributed by atoms with E-state index in [-0.39, 0.29) is 0 Å². The molecule has 0 amide bonds. The highest BCUT2D eigenvalue weighted by Crippen LogP contribution is 2.48. The Morgan fingerprint density at radius 2 is 2.05 bits per heavy atom. The Hall–Kier alpha value is -2.29. The van der Waals surface area contributed by atoms with Gasteiger partial charge in [-0.3, -0.25) is 4.79 Å². The largest absolute Gasteiger partial charge is 0.497 e. The standard InChI is InChI=1S/C19H19NO2/c1-22-15-8-6-14(7-9-15)20-18-4-2-3-16(18)17-11-13(12-21)5-10-19(17)20/h5-10,12,18H,2-4,11H2,1H3. The SMILES string of the molecule is COc1ccc(N2C3=CC=C(C=O)CC3=C3CCCC32)cc1. The monoisotopic (exact) mass is 293 g/mol. The molecule has 0 saturated heterocycles. The second-order valence-corrected chi connectivity index (χ2v) is 6.07. The molecule has 0 radical (unpaired) electrons. The molecular weight excluding hydrogens is 274 g/mol. The number of ether oxygens (including phenoxy) is 1. The normalized spacial score (nSPS) is 23.0. The summed E-state index contributed by atoms with van der Waals surface area (Å²) in [6.45, 7) is 0. The summed E-state index contributed by atoms with van der Waals surface area (Å²) in [5, 5.41) is 0. The predicted molar refractivity (Wildman–Crippen MR) is 87.0 cm³/mol. The van der Waals surface area contributed by atoms with Crippen LogP contribution in [-0.2, 0) is 4.79 Å². The van der Waals surface area contributed by atoms with Gasteiger partial charge in [-0.05, 0) is 66.3 Å². The van der Waals surface area contributed by atoms with Crippen LogP contribution in [0.1, 0.15) is 25.7 Å². The topological polar surface area (TPSA) is 29.5 Å². The van der Waals surface area contributed by atoms with Crippen LogP contribution in [0.5, 0.6) is 5.75 Å². The van der Waals surface area contributed by atoms with Gasteiger partial charge in [0.2, 0.25) is 0 Å². The van der Waals surface area contributed by atoms with Crippen molar-refractivity contribution in [3.8, 4) is 5.75 Å². The number of nitrogens with zero attached hydrogens (tertiary/aromatic N) is 1. The quantitative estimate of drug-likeness (QED) is 0.794. The molecular formula is C19H19NO2. The van der Waals surface area contributed by atoms with Gasteiger partial charge in [-0.2, -0.15) is 0 Å². The number of methoxy groups -OCH3 is 1. The number of carbonyl (C=O) groups is 1. The molecule has 1 aromatic carbocycles. The highest BCUT2D eigenvalue weighted by molar-refractivity contribution is 5.79. The lowest BCUT2D eigenvalue weighted by atomic mass is 9.95. The first-order valence-corrected chi connectivity index (χ1v) is 7.83. The maximum Gasteiger partial charge on any atom is 0.146 e. The molecule has 1 aliphatic heterocycles. The van der Waals surface area contributed by atoms with E-state index >= 15 is 0 Å². The molecule has 0 N–H and O–H groups in total. The van der Waals surface area contributed by atoms with Gasteiger partial charge in [-0.15, -0.1) is 0 Å². The Labute approximate surface area is 130 Å². The van der Waals surface area contributed by atoms with E-state index in [2.05, 4.69) is 23.1 Å². The number of hydrogen-bond donors (Lipinski definition) is 0. The van der Waals surface area contributed by atoms with Crippen molar-refractivity contribution in [2.45, 2.75) is 31.7 Å². The van der Waals surface area contributed by atoms with Gasteiger partial charge < -0.3 is 9.64 Å². The third-order valence-corrected chi connectivity index (χ3v) is 4.93. The minimum atomic E-state index is 0.467. The van der Waals surface area contributed by atoms with Gasteiger partial charge >= 0.3 is 0 Å². The van der Waals surface area contributed by atoms with Gasteiger partial charge in [0.05, 0.1) is 13.2 Å². The second-order valence-electron chi connectivity index (χ2n) is 6.07. The molecule has 3 heteroatoms. The molecule has 0 bridgehead atoms.